The summed E-state index contributed by atoms with van der Waals surface area (Å²) in [5.41, 5.74) is -0.156. The second-order valence-corrected chi connectivity index (χ2v) is 4.21. The maximum absolute atomic E-state index is 13.3. The number of alkyl halides is 1. The second-order valence-electron chi connectivity index (χ2n) is 4.21. The summed E-state index contributed by atoms with van der Waals surface area (Å²) < 4.78 is 14.4. The number of rotatable bonds is 2. The van der Waals surface area contributed by atoms with Gasteiger partial charge >= 0.3 is 0 Å². The van der Waals surface area contributed by atoms with Gasteiger partial charge in [-0.25, -0.2) is 9.07 Å². The van der Waals surface area contributed by atoms with Crippen molar-refractivity contribution in [1.82, 2.24) is 15.1 Å². The van der Waals surface area contributed by atoms with Gasteiger partial charge in [-0.3, -0.25) is 9.59 Å². The molecule has 2 atom stereocenters. The summed E-state index contributed by atoms with van der Waals surface area (Å²) in [7, 11) is 1.46. The number of aromatic nitrogens is 2. The van der Waals surface area contributed by atoms with Crippen molar-refractivity contribution < 1.29 is 9.18 Å². The van der Waals surface area contributed by atoms with E-state index in [0.717, 1.165) is 11.1 Å². The molecule has 2 rings (SSSR count). The third-order valence-corrected chi connectivity index (χ3v) is 2.94. The molecule has 0 bridgehead atoms. The highest BCUT2D eigenvalue weighted by Gasteiger charge is 2.28. The van der Waals surface area contributed by atoms with Gasteiger partial charge in [-0.15, -0.1) is 0 Å². The van der Waals surface area contributed by atoms with Crippen LogP contribution in [-0.2, 0) is 7.05 Å². The summed E-state index contributed by atoms with van der Waals surface area (Å²) in [5.74, 6) is -0.435. The fourth-order valence-electron chi connectivity index (χ4n) is 1.94. The molecule has 0 unspecified atom stereocenters. The zero-order valence-corrected chi connectivity index (χ0v) is 9.52. The maximum atomic E-state index is 13.3. The van der Waals surface area contributed by atoms with Crippen LogP contribution in [0.4, 0.5) is 4.39 Å². The van der Waals surface area contributed by atoms with E-state index in [4.69, 9.17) is 0 Å². The maximum Gasteiger partial charge on any atom is 0.272 e. The molecule has 1 N–H and O–H groups in total. The lowest BCUT2D eigenvalue weighted by Gasteiger charge is -2.14. The molecule has 1 aliphatic carbocycles. The van der Waals surface area contributed by atoms with Crippen molar-refractivity contribution in [3.8, 4) is 0 Å². The molecule has 0 aliphatic heterocycles. The highest BCUT2D eigenvalue weighted by molar-refractivity contribution is 5.92. The Morgan fingerprint density at radius 3 is 2.88 bits per heavy atom. The number of carbonyl (C=O) groups is 1. The van der Waals surface area contributed by atoms with Crippen molar-refractivity contribution >= 4 is 5.91 Å². The van der Waals surface area contributed by atoms with Crippen molar-refractivity contribution in [2.45, 2.75) is 31.5 Å². The third-order valence-electron chi connectivity index (χ3n) is 2.94. The quantitative estimate of drug-likeness (QED) is 0.812. The molecule has 0 aromatic carbocycles. The average Bonchev–Trinajstić information content (AvgIpc) is 2.68. The molecule has 1 aromatic heterocycles. The van der Waals surface area contributed by atoms with E-state index in [2.05, 4.69) is 10.4 Å². The number of amides is 1. The van der Waals surface area contributed by atoms with E-state index < -0.39 is 18.1 Å². The van der Waals surface area contributed by atoms with Crippen LogP contribution >= 0.6 is 0 Å². The van der Waals surface area contributed by atoms with Gasteiger partial charge in [0.2, 0.25) is 0 Å². The smallest absolute Gasteiger partial charge is 0.272 e. The minimum atomic E-state index is -0.980. The SMILES string of the molecule is Cn1nc(C(=O)N[C@@H]2CCC[C@H]2F)ccc1=O. The van der Waals surface area contributed by atoms with Crippen molar-refractivity contribution in [3.05, 3.63) is 28.2 Å². The predicted octanol–water partition coefficient (Wildman–Crippen LogP) is 0.401. The number of hydrogen-bond acceptors (Lipinski definition) is 3. The lowest BCUT2D eigenvalue weighted by Crippen LogP contribution is -2.39. The van der Waals surface area contributed by atoms with E-state index in [0.29, 0.717) is 12.8 Å². The molecule has 17 heavy (non-hydrogen) atoms. The van der Waals surface area contributed by atoms with Crippen molar-refractivity contribution in [3.63, 3.8) is 0 Å². The van der Waals surface area contributed by atoms with Crippen LogP contribution < -0.4 is 10.9 Å². The Morgan fingerprint density at radius 2 is 2.29 bits per heavy atom. The standard InChI is InChI=1S/C11H14FN3O2/c1-15-10(16)6-5-9(14-15)11(17)13-8-4-2-3-7(8)12/h5-8H,2-4H2,1H3,(H,13,17)/t7-,8-/m1/s1. The number of hydrogen-bond donors (Lipinski definition) is 1. The first-order chi connectivity index (χ1) is 8.08. The monoisotopic (exact) mass is 239 g/mol. The topological polar surface area (TPSA) is 64.0 Å². The zero-order valence-electron chi connectivity index (χ0n) is 9.52. The highest BCUT2D eigenvalue weighted by Crippen LogP contribution is 2.21. The van der Waals surface area contributed by atoms with Gasteiger partial charge < -0.3 is 5.32 Å². The van der Waals surface area contributed by atoms with Crippen LogP contribution in [0.25, 0.3) is 0 Å². The molecular formula is C11H14FN3O2. The third kappa shape index (κ3) is 2.51. The number of nitrogens with zero attached hydrogens (tertiary/aromatic N) is 2. The van der Waals surface area contributed by atoms with E-state index >= 15 is 0 Å². The van der Waals surface area contributed by atoms with Crippen LogP contribution in [0.2, 0.25) is 0 Å². The Bertz CT molecular complexity index is 486. The Labute approximate surface area is 97.6 Å². The second kappa shape index (κ2) is 4.65. The molecule has 1 fully saturated rings. The Kier molecular flexibility index (Phi) is 3.21. The van der Waals surface area contributed by atoms with Gasteiger partial charge in [0.15, 0.2) is 0 Å². The molecule has 1 amide bonds. The number of halogens is 1. The minimum Gasteiger partial charge on any atom is -0.345 e. The van der Waals surface area contributed by atoms with Gasteiger partial charge in [0, 0.05) is 13.1 Å². The summed E-state index contributed by atoms with van der Waals surface area (Å²) in [6, 6.07) is 2.19. The van der Waals surface area contributed by atoms with Crippen molar-refractivity contribution in [1.29, 1.82) is 0 Å². The lowest BCUT2D eigenvalue weighted by atomic mass is 10.2. The van der Waals surface area contributed by atoms with Gasteiger partial charge in [-0.05, 0) is 25.3 Å². The molecule has 0 radical (unpaired) electrons. The fraction of sp³-hybridized carbons (Fsp3) is 0.545. The van der Waals surface area contributed by atoms with Crippen LogP contribution in [0, 0.1) is 0 Å². The number of aryl methyl sites for hydroxylation is 1. The Balaban J connectivity index is 2.09. The van der Waals surface area contributed by atoms with Gasteiger partial charge in [0.1, 0.15) is 11.9 Å². The predicted molar refractivity (Wildman–Crippen MR) is 59.5 cm³/mol. The first kappa shape index (κ1) is 11.8. The summed E-state index contributed by atoms with van der Waals surface area (Å²) in [6.45, 7) is 0. The summed E-state index contributed by atoms with van der Waals surface area (Å²) >= 11 is 0. The summed E-state index contributed by atoms with van der Waals surface area (Å²) in [5, 5.41) is 6.41. The molecule has 1 heterocycles. The van der Waals surface area contributed by atoms with Crippen molar-refractivity contribution in [2.75, 3.05) is 0 Å². The molecule has 1 saturated carbocycles. The summed E-state index contributed by atoms with van der Waals surface area (Å²) in [6.07, 6.45) is 0.948. The first-order valence-corrected chi connectivity index (χ1v) is 5.57. The van der Waals surface area contributed by atoms with Crippen LogP contribution in [0.1, 0.15) is 29.8 Å². The zero-order chi connectivity index (χ0) is 12.4. The molecule has 92 valence electrons. The van der Waals surface area contributed by atoms with E-state index in [1.165, 1.54) is 19.2 Å². The fourth-order valence-corrected chi connectivity index (χ4v) is 1.94. The average molecular weight is 239 g/mol. The van der Waals surface area contributed by atoms with E-state index in [1.54, 1.807) is 0 Å². The van der Waals surface area contributed by atoms with E-state index in [9.17, 15) is 14.0 Å². The van der Waals surface area contributed by atoms with Crippen LogP contribution in [0.3, 0.4) is 0 Å². The first-order valence-electron chi connectivity index (χ1n) is 5.57. The van der Waals surface area contributed by atoms with Gasteiger partial charge in [0.25, 0.3) is 11.5 Å². The minimum absolute atomic E-state index is 0.131. The molecule has 6 heteroatoms. The summed E-state index contributed by atoms with van der Waals surface area (Å²) in [4.78, 5) is 22.9. The van der Waals surface area contributed by atoms with Crippen LogP contribution in [0.5, 0.6) is 0 Å². The molecule has 1 aromatic rings. The Hall–Kier alpha value is -1.72. The van der Waals surface area contributed by atoms with Gasteiger partial charge in [0.05, 0.1) is 6.04 Å². The molecular weight excluding hydrogens is 225 g/mol. The van der Waals surface area contributed by atoms with E-state index in [1.807, 2.05) is 0 Å². The number of nitrogens with one attached hydrogen (secondary N) is 1. The largest absolute Gasteiger partial charge is 0.345 e. The lowest BCUT2D eigenvalue weighted by molar-refractivity contribution is 0.0912. The van der Waals surface area contributed by atoms with Crippen LogP contribution in [-0.4, -0.2) is 27.9 Å². The molecule has 0 saturated heterocycles. The van der Waals surface area contributed by atoms with Gasteiger partial charge in [-0.1, -0.05) is 0 Å². The molecule has 5 nitrogen and oxygen atoms in total. The molecule has 0 spiro atoms. The Morgan fingerprint density at radius 1 is 1.53 bits per heavy atom. The highest BCUT2D eigenvalue weighted by atomic mass is 19.1. The van der Waals surface area contributed by atoms with E-state index in [-0.39, 0.29) is 11.3 Å². The van der Waals surface area contributed by atoms with Crippen LogP contribution in [0.15, 0.2) is 16.9 Å². The van der Waals surface area contributed by atoms with Crippen molar-refractivity contribution in [2.24, 2.45) is 7.05 Å². The number of carbonyl (C=O) groups excluding carboxylic acids is 1. The normalized spacial score (nSPS) is 23.6. The molecule has 1 aliphatic rings. The van der Waals surface area contributed by atoms with Gasteiger partial charge in [-0.2, -0.15) is 5.10 Å².